The summed E-state index contributed by atoms with van der Waals surface area (Å²) in [4.78, 5) is 24.9. The molecule has 2 fully saturated rings. The Morgan fingerprint density at radius 3 is 2.74 bits per heavy atom. The van der Waals surface area contributed by atoms with Gasteiger partial charge >= 0.3 is 0 Å². The van der Waals surface area contributed by atoms with Crippen molar-refractivity contribution >= 4 is 49.9 Å². The summed E-state index contributed by atoms with van der Waals surface area (Å²) in [6.45, 7) is 9.62. The predicted octanol–water partition coefficient (Wildman–Crippen LogP) is 5.22. The lowest BCUT2D eigenvalue weighted by atomic mass is 9.96. The van der Waals surface area contributed by atoms with E-state index in [2.05, 4.69) is 33.8 Å². The Kier molecular flexibility index (Phi) is 6.84. The number of amides is 1. The molecule has 8 heteroatoms. The Labute approximate surface area is 210 Å². The third kappa shape index (κ3) is 4.82. The van der Waals surface area contributed by atoms with Gasteiger partial charge in [0.1, 0.15) is 5.75 Å². The minimum Gasteiger partial charge on any atom is -0.494 e. The highest BCUT2D eigenvalue weighted by Gasteiger charge is 2.32. The number of carbonyl (C=O) groups is 1. The first-order valence-electron chi connectivity index (χ1n) is 12.1. The Morgan fingerprint density at radius 2 is 1.94 bits per heavy atom. The fourth-order valence-electron chi connectivity index (χ4n) is 4.99. The summed E-state index contributed by atoms with van der Waals surface area (Å²) in [6, 6.07) is 12.1. The molecule has 1 atom stereocenters. The summed E-state index contributed by atoms with van der Waals surface area (Å²) in [7, 11) is 0. The number of rotatable bonds is 5. The number of hydrogen-bond acceptors (Lipinski definition) is 6. The average molecular weight is 499 g/mol. The Bertz CT molecular complexity index is 1170. The van der Waals surface area contributed by atoms with Crippen LogP contribution in [0.25, 0.3) is 10.2 Å². The van der Waals surface area contributed by atoms with Gasteiger partial charge < -0.3 is 19.4 Å². The first kappa shape index (κ1) is 23.2. The highest BCUT2D eigenvalue weighted by molar-refractivity contribution is 7.22. The molecule has 0 aliphatic carbocycles. The van der Waals surface area contributed by atoms with Crippen LogP contribution in [0.3, 0.4) is 0 Å². The van der Waals surface area contributed by atoms with Gasteiger partial charge in [-0.3, -0.25) is 4.79 Å². The van der Waals surface area contributed by atoms with Crippen LogP contribution in [0.4, 0.5) is 10.8 Å². The van der Waals surface area contributed by atoms with Crippen LogP contribution in [0.5, 0.6) is 5.75 Å². The van der Waals surface area contributed by atoms with Gasteiger partial charge in [-0.25, -0.2) is 4.98 Å². The van der Waals surface area contributed by atoms with Gasteiger partial charge in [0.05, 0.1) is 22.7 Å². The molecular weight excluding hydrogens is 468 g/mol. The summed E-state index contributed by atoms with van der Waals surface area (Å²) in [6.07, 6.45) is 1.96. The van der Waals surface area contributed by atoms with E-state index in [1.54, 1.807) is 11.3 Å². The maximum atomic E-state index is 13.4. The topological polar surface area (TPSA) is 48.9 Å². The summed E-state index contributed by atoms with van der Waals surface area (Å²) in [5, 5.41) is 1.76. The first-order valence-corrected chi connectivity index (χ1v) is 13.3. The number of piperazine rings is 1. The van der Waals surface area contributed by atoms with Crippen LogP contribution in [0.15, 0.2) is 36.4 Å². The van der Waals surface area contributed by atoms with Crippen molar-refractivity contribution in [1.82, 2.24) is 9.88 Å². The van der Waals surface area contributed by atoms with Crippen LogP contribution < -0.4 is 14.5 Å². The average Bonchev–Trinajstić information content (AvgIpc) is 3.29. The van der Waals surface area contributed by atoms with E-state index in [4.69, 9.17) is 21.3 Å². The van der Waals surface area contributed by atoms with E-state index in [1.165, 1.54) is 11.3 Å². The van der Waals surface area contributed by atoms with Crippen molar-refractivity contribution < 1.29 is 9.53 Å². The number of hydrogen-bond donors (Lipinski definition) is 0. The van der Waals surface area contributed by atoms with Gasteiger partial charge in [0, 0.05) is 50.0 Å². The van der Waals surface area contributed by atoms with Crippen molar-refractivity contribution in [2.45, 2.75) is 26.7 Å². The number of aryl methyl sites for hydroxylation is 1. The van der Waals surface area contributed by atoms with Gasteiger partial charge in [-0.05, 0) is 62.6 Å². The van der Waals surface area contributed by atoms with E-state index in [9.17, 15) is 4.79 Å². The van der Waals surface area contributed by atoms with Gasteiger partial charge in [0.2, 0.25) is 5.91 Å². The third-order valence-corrected chi connectivity index (χ3v) is 8.12. The zero-order valence-corrected chi connectivity index (χ0v) is 21.4. The number of piperidine rings is 1. The molecule has 0 radical (unpaired) electrons. The number of halogens is 1. The standard InChI is InChI=1S/C26H31ClN4O2S/c1-3-33-21-8-9-22-24(16-21)34-26(28-22)31-10-4-5-19(17-31)25(32)30-13-11-29(12-14-30)23-15-20(27)7-6-18(23)2/h6-9,15-16,19H,3-5,10-14,17H2,1-2H3. The van der Waals surface area contributed by atoms with Crippen LogP contribution in [-0.2, 0) is 4.79 Å². The van der Waals surface area contributed by atoms with Crippen LogP contribution in [0.2, 0.25) is 5.02 Å². The molecule has 3 heterocycles. The molecule has 5 rings (SSSR count). The number of ether oxygens (including phenoxy) is 1. The summed E-state index contributed by atoms with van der Waals surface area (Å²) in [5.74, 6) is 1.19. The quantitative estimate of drug-likeness (QED) is 0.482. The van der Waals surface area contributed by atoms with E-state index in [0.29, 0.717) is 6.61 Å². The number of anilines is 2. The minimum absolute atomic E-state index is 0.0270. The molecule has 0 saturated carbocycles. The fraction of sp³-hybridized carbons (Fsp3) is 0.462. The summed E-state index contributed by atoms with van der Waals surface area (Å²) < 4.78 is 6.76. The molecule has 180 valence electrons. The summed E-state index contributed by atoms with van der Waals surface area (Å²) >= 11 is 7.91. The number of fused-ring (bicyclic) bond motifs is 1. The molecule has 34 heavy (non-hydrogen) atoms. The van der Waals surface area contributed by atoms with Crippen LogP contribution in [0.1, 0.15) is 25.3 Å². The second-order valence-electron chi connectivity index (χ2n) is 9.09. The number of aromatic nitrogens is 1. The number of nitrogens with zero attached hydrogens (tertiary/aromatic N) is 4. The molecular formula is C26H31ClN4O2S. The second kappa shape index (κ2) is 10.0. The van der Waals surface area contributed by atoms with Crippen molar-refractivity contribution in [1.29, 1.82) is 0 Å². The lowest BCUT2D eigenvalue weighted by molar-refractivity contribution is -0.136. The lowest BCUT2D eigenvalue weighted by Crippen LogP contribution is -2.52. The molecule has 0 bridgehead atoms. The molecule has 0 spiro atoms. The molecule has 3 aromatic rings. The lowest BCUT2D eigenvalue weighted by Gasteiger charge is -2.40. The van der Waals surface area contributed by atoms with E-state index in [1.807, 2.05) is 31.2 Å². The fourth-order valence-corrected chi connectivity index (χ4v) is 6.18. The van der Waals surface area contributed by atoms with Gasteiger partial charge in [-0.15, -0.1) is 0 Å². The molecule has 1 unspecified atom stereocenters. The van der Waals surface area contributed by atoms with E-state index in [0.717, 1.165) is 78.2 Å². The second-order valence-corrected chi connectivity index (χ2v) is 10.5. The van der Waals surface area contributed by atoms with E-state index < -0.39 is 0 Å². The maximum Gasteiger partial charge on any atom is 0.227 e. The molecule has 1 aromatic heterocycles. The normalized spacial score (nSPS) is 19.0. The van der Waals surface area contributed by atoms with Crippen molar-refractivity contribution in [3.63, 3.8) is 0 Å². The van der Waals surface area contributed by atoms with Gasteiger partial charge in [0.15, 0.2) is 5.13 Å². The van der Waals surface area contributed by atoms with Gasteiger partial charge in [-0.2, -0.15) is 0 Å². The van der Waals surface area contributed by atoms with E-state index >= 15 is 0 Å². The van der Waals surface area contributed by atoms with Crippen molar-refractivity contribution in [3.05, 3.63) is 47.0 Å². The largest absolute Gasteiger partial charge is 0.494 e. The molecule has 2 aliphatic heterocycles. The maximum absolute atomic E-state index is 13.4. The monoisotopic (exact) mass is 498 g/mol. The van der Waals surface area contributed by atoms with Crippen LogP contribution >= 0.6 is 22.9 Å². The molecule has 2 aliphatic rings. The molecule has 1 amide bonds. The molecule has 0 N–H and O–H groups in total. The third-order valence-electron chi connectivity index (χ3n) is 6.80. The Balaban J connectivity index is 1.22. The molecule has 2 saturated heterocycles. The molecule has 6 nitrogen and oxygen atoms in total. The predicted molar refractivity (Wildman–Crippen MR) is 141 cm³/mol. The Morgan fingerprint density at radius 1 is 1.12 bits per heavy atom. The highest BCUT2D eigenvalue weighted by Crippen LogP contribution is 2.34. The minimum atomic E-state index is 0.0270. The first-order chi connectivity index (χ1) is 16.5. The van der Waals surface area contributed by atoms with Crippen LogP contribution in [-0.4, -0.2) is 61.7 Å². The SMILES string of the molecule is CCOc1ccc2nc(N3CCCC(C(=O)N4CCN(c5cc(Cl)ccc5C)CC4)C3)sc2c1. The van der Waals surface area contributed by atoms with Gasteiger partial charge in [-0.1, -0.05) is 29.0 Å². The molecule has 2 aromatic carbocycles. The Hall–Kier alpha value is -2.51. The van der Waals surface area contributed by atoms with Crippen molar-refractivity contribution in [3.8, 4) is 5.75 Å². The highest BCUT2D eigenvalue weighted by atomic mass is 35.5. The smallest absolute Gasteiger partial charge is 0.227 e. The zero-order valence-electron chi connectivity index (χ0n) is 19.8. The summed E-state index contributed by atoms with van der Waals surface area (Å²) in [5.41, 5.74) is 3.38. The van der Waals surface area contributed by atoms with E-state index in [-0.39, 0.29) is 11.8 Å². The number of thiazole rings is 1. The number of benzene rings is 2. The van der Waals surface area contributed by atoms with Crippen molar-refractivity contribution in [2.24, 2.45) is 5.92 Å². The van der Waals surface area contributed by atoms with Gasteiger partial charge in [0.25, 0.3) is 0 Å². The zero-order chi connectivity index (χ0) is 23.7. The van der Waals surface area contributed by atoms with Crippen LogP contribution in [0, 0.1) is 12.8 Å². The number of carbonyl (C=O) groups excluding carboxylic acids is 1. The van der Waals surface area contributed by atoms with Crippen molar-refractivity contribution in [2.75, 3.05) is 55.7 Å².